The van der Waals surface area contributed by atoms with E-state index in [-0.39, 0.29) is 11.8 Å². The summed E-state index contributed by atoms with van der Waals surface area (Å²) in [6.07, 6.45) is 0. The highest BCUT2D eigenvalue weighted by molar-refractivity contribution is 5.77. The molecule has 1 atom stereocenters. The lowest BCUT2D eigenvalue weighted by molar-refractivity contribution is -0.125. The highest BCUT2D eigenvalue weighted by Crippen LogP contribution is 2.18. The fourth-order valence-electron chi connectivity index (χ4n) is 1.88. The number of benzene rings is 1. The predicted octanol–water partition coefficient (Wildman–Crippen LogP) is 0.753. The smallest absolute Gasteiger partial charge is 0.237 e. The lowest BCUT2D eigenvalue weighted by atomic mass is 10.1. The highest BCUT2D eigenvalue weighted by Gasteiger charge is 2.14. The monoisotopic (exact) mass is 251 g/mol. The first-order valence-electron chi connectivity index (χ1n) is 5.89. The Morgan fingerprint density at radius 3 is 2.78 bits per heavy atom. The van der Waals surface area contributed by atoms with Crippen molar-refractivity contribution in [2.24, 2.45) is 11.8 Å². The van der Waals surface area contributed by atoms with E-state index in [1.807, 2.05) is 38.2 Å². The third-order valence-electron chi connectivity index (χ3n) is 2.81. The van der Waals surface area contributed by atoms with Gasteiger partial charge in [0.15, 0.2) is 0 Å². The molecule has 0 heterocycles. The molecule has 1 unspecified atom stereocenters. The van der Waals surface area contributed by atoms with Crippen LogP contribution in [0.2, 0.25) is 0 Å². The Hall–Kier alpha value is -1.59. The third-order valence-corrected chi connectivity index (χ3v) is 2.81. The first kappa shape index (κ1) is 14.5. The van der Waals surface area contributed by atoms with Crippen LogP contribution in [0.25, 0.3) is 0 Å². The van der Waals surface area contributed by atoms with Crippen LogP contribution in [0.4, 0.5) is 0 Å². The summed E-state index contributed by atoms with van der Waals surface area (Å²) < 4.78 is 5.29. The zero-order valence-corrected chi connectivity index (χ0v) is 11.1. The summed E-state index contributed by atoms with van der Waals surface area (Å²) in [4.78, 5) is 13.4. The molecule has 5 heteroatoms. The Balaban J connectivity index is 2.59. The molecule has 0 radical (unpaired) electrons. The number of carbonyl (C=O) groups is 1. The Bertz CT molecular complexity index is 396. The van der Waals surface area contributed by atoms with Gasteiger partial charge in [-0.05, 0) is 13.1 Å². The molecule has 18 heavy (non-hydrogen) atoms. The highest BCUT2D eigenvalue weighted by atomic mass is 16.5. The van der Waals surface area contributed by atoms with Crippen LogP contribution in [0.3, 0.4) is 0 Å². The van der Waals surface area contributed by atoms with Gasteiger partial charge < -0.3 is 9.64 Å². The molecule has 5 nitrogen and oxygen atoms in total. The number of para-hydroxylation sites is 1. The van der Waals surface area contributed by atoms with Gasteiger partial charge in [-0.1, -0.05) is 25.1 Å². The van der Waals surface area contributed by atoms with E-state index in [1.54, 1.807) is 7.11 Å². The summed E-state index contributed by atoms with van der Waals surface area (Å²) in [6.45, 7) is 3.22. The number of hydrogen-bond donors (Lipinski definition) is 2. The van der Waals surface area contributed by atoms with Gasteiger partial charge in [0, 0.05) is 24.6 Å². The average molecular weight is 251 g/mol. The van der Waals surface area contributed by atoms with Crippen molar-refractivity contribution >= 4 is 5.91 Å². The molecular formula is C13H21N3O2. The van der Waals surface area contributed by atoms with Crippen molar-refractivity contribution in [2.45, 2.75) is 13.5 Å². The number of nitrogens with one attached hydrogen (secondary N) is 1. The molecule has 1 aromatic carbocycles. The van der Waals surface area contributed by atoms with E-state index in [9.17, 15) is 4.79 Å². The van der Waals surface area contributed by atoms with E-state index >= 15 is 0 Å². The molecule has 1 rings (SSSR count). The van der Waals surface area contributed by atoms with Gasteiger partial charge >= 0.3 is 0 Å². The first-order valence-corrected chi connectivity index (χ1v) is 5.89. The van der Waals surface area contributed by atoms with Gasteiger partial charge in [0.05, 0.1) is 7.11 Å². The Kier molecular flexibility index (Phi) is 5.61. The largest absolute Gasteiger partial charge is 0.496 e. The quantitative estimate of drug-likeness (QED) is 0.445. The zero-order valence-electron chi connectivity index (χ0n) is 11.1. The van der Waals surface area contributed by atoms with Gasteiger partial charge in [-0.25, -0.2) is 5.84 Å². The maximum atomic E-state index is 11.3. The number of rotatable bonds is 6. The molecule has 0 saturated carbocycles. The molecule has 0 aromatic heterocycles. The number of nitrogens with two attached hydrogens (primary N) is 1. The molecule has 100 valence electrons. The molecule has 0 aliphatic rings. The summed E-state index contributed by atoms with van der Waals surface area (Å²) in [5.41, 5.74) is 3.27. The third kappa shape index (κ3) is 4.01. The van der Waals surface area contributed by atoms with Crippen molar-refractivity contribution in [1.29, 1.82) is 0 Å². The SMILES string of the molecule is COc1ccccc1CN(C)CC(C)C(=O)NN. The van der Waals surface area contributed by atoms with E-state index in [4.69, 9.17) is 10.6 Å². The second-order valence-corrected chi connectivity index (χ2v) is 4.42. The lowest BCUT2D eigenvalue weighted by Gasteiger charge is -2.21. The molecule has 0 aliphatic carbocycles. The Morgan fingerprint density at radius 1 is 1.50 bits per heavy atom. The van der Waals surface area contributed by atoms with Crippen LogP contribution in [0.1, 0.15) is 12.5 Å². The summed E-state index contributed by atoms with van der Waals surface area (Å²) in [7, 11) is 3.62. The van der Waals surface area contributed by atoms with Gasteiger partial charge in [0.25, 0.3) is 0 Å². The number of carbonyl (C=O) groups excluding carboxylic acids is 1. The van der Waals surface area contributed by atoms with Crippen molar-refractivity contribution in [1.82, 2.24) is 10.3 Å². The zero-order chi connectivity index (χ0) is 13.5. The molecule has 1 aromatic rings. The number of nitrogens with zero attached hydrogens (tertiary/aromatic N) is 1. The molecule has 0 bridgehead atoms. The van der Waals surface area contributed by atoms with Crippen molar-refractivity contribution in [2.75, 3.05) is 20.7 Å². The average Bonchev–Trinajstić information content (AvgIpc) is 2.38. The van der Waals surface area contributed by atoms with Crippen LogP contribution in [-0.2, 0) is 11.3 Å². The topological polar surface area (TPSA) is 67.6 Å². The van der Waals surface area contributed by atoms with Gasteiger partial charge in [-0.15, -0.1) is 0 Å². The minimum absolute atomic E-state index is 0.144. The molecular weight excluding hydrogens is 230 g/mol. The lowest BCUT2D eigenvalue weighted by Crippen LogP contribution is -2.39. The first-order chi connectivity index (χ1) is 8.58. The van der Waals surface area contributed by atoms with Gasteiger partial charge in [-0.3, -0.25) is 10.2 Å². The minimum atomic E-state index is -0.151. The fourth-order valence-corrected chi connectivity index (χ4v) is 1.88. The van der Waals surface area contributed by atoms with Crippen molar-refractivity contribution in [3.63, 3.8) is 0 Å². The summed E-state index contributed by atoms with van der Waals surface area (Å²) in [5, 5.41) is 0. The summed E-state index contributed by atoms with van der Waals surface area (Å²) in [6, 6.07) is 7.86. The van der Waals surface area contributed by atoms with Crippen molar-refractivity contribution in [3.05, 3.63) is 29.8 Å². The normalized spacial score (nSPS) is 12.3. The number of ether oxygens (including phenoxy) is 1. The van der Waals surface area contributed by atoms with E-state index in [0.29, 0.717) is 6.54 Å². The van der Waals surface area contributed by atoms with Crippen LogP contribution in [0, 0.1) is 5.92 Å². The molecule has 0 spiro atoms. The summed E-state index contributed by atoms with van der Waals surface area (Å²) >= 11 is 0. The minimum Gasteiger partial charge on any atom is -0.496 e. The van der Waals surface area contributed by atoms with Crippen LogP contribution >= 0.6 is 0 Å². The Morgan fingerprint density at radius 2 is 2.17 bits per heavy atom. The molecule has 0 fully saturated rings. The van der Waals surface area contributed by atoms with Gasteiger partial charge in [0.2, 0.25) is 5.91 Å². The number of hydrogen-bond acceptors (Lipinski definition) is 4. The standard InChI is InChI=1S/C13H21N3O2/c1-10(13(17)15-14)8-16(2)9-11-6-4-5-7-12(11)18-3/h4-7,10H,8-9,14H2,1-3H3,(H,15,17). The van der Waals surface area contributed by atoms with Crippen molar-refractivity contribution < 1.29 is 9.53 Å². The van der Waals surface area contributed by atoms with Crippen molar-refractivity contribution in [3.8, 4) is 5.75 Å². The van der Waals surface area contributed by atoms with E-state index in [2.05, 4.69) is 10.3 Å². The van der Waals surface area contributed by atoms with Gasteiger partial charge in [-0.2, -0.15) is 0 Å². The van der Waals surface area contributed by atoms with E-state index in [1.165, 1.54) is 0 Å². The fraction of sp³-hybridized carbons (Fsp3) is 0.462. The predicted molar refractivity (Wildman–Crippen MR) is 70.8 cm³/mol. The molecule has 0 saturated heterocycles. The van der Waals surface area contributed by atoms with Crippen LogP contribution < -0.4 is 16.0 Å². The van der Waals surface area contributed by atoms with Crippen LogP contribution in [-0.4, -0.2) is 31.5 Å². The van der Waals surface area contributed by atoms with Crippen LogP contribution in [0.5, 0.6) is 5.75 Å². The van der Waals surface area contributed by atoms with E-state index in [0.717, 1.165) is 17.9 Å². The maximum Gasteiger partial charge on any atom is 0.237 e. The number of hydrazine groups is 1. The second-order valence-electron chi connectivity index (χ2n) is 4.42. The number of amides is 1. The maximum absolute atomic E-state index is 11.3. The second kappa shape index (κ2) is 6.98. The summed E-state index contributed by atoms with van der Waals surface area (Å²) in [5.74, 6) is 5.68. The Labute approximate surface area is 108 Å². The van der Waals surface area contributed by atoms with Gasteiger partial charge in [0.1, 0.15) is 5.75 Å². The molecule has 0 aliphatic heterocycles. The number of methoxy groups -OCH3 is 1. The molecule has 1 amide bonds. The molecule has 3 N–H and O–H groups in total. The van der Waals surface area contributed by atoms with E-state index < -0.39 is 0 Å². The van der Waals surface area contributed by atoms with Crippen LogP contribution in [0.15, 0.2) is 24.3 Å².